The number of carbonyl (C=O) groups is 12. The second-order valence-electron chi connectivity index (χ2n) is 35.7. The van der Waals surface area contributed by atoms with Gasteiger partial charge in [-0.05, 0) is 212 Å². The maximum atomic E-state index is 14.7. The predicted octanol–water partition coefficient (Wildman–Crippen LogP) is 14.0. The first-order valence-electron chi connectivity index (χ1n) is 43.9. The van der Waals surface area contributed by atoms with E-state index in [2.05, 4.69) is 37.2 Å². The van der Waals surface area contributed by atoms with Gasteiger partial charge in [-0.25, -0.2) is 14.4 Å². The highest BCUT2D eigenvalue weighted by atomic mass is 16.6. The molecule has 7 fully saturated rings. The number of Topliss-reactive ketones (excluding diaryl/α,β-unsaturated/α-hetero) is 2. The Morgan fingerprint density at radius 2 is 0.866 bits per heavy atom. The minimum Gasteiger partial charge on any atom is -0.480 e. The predicted molar refractivity (Wildman–Crippen MR) is 461 cm³/mol. The van der Waals surface area contributed by atoms with Crippen molar-refractivity contribution in [3.63, 3.8) is 0 Å². The molecule has 4 aromatic rings. The highest BCUT2D eigenvalue weighted by molar-refractivity contribution is 6.06. The van der Waals surface area contributed by atoms with Crippen molar-refractivity contribution in [2.75, 3.05) is 56.2 Å². The minimum atomic E-state index is -0.929. The van der Waals surface area contributed by atoms with Crippen LogP contribution >= 0.6 is 0 Å². The van der Waals surface area contributed by atoms with E-state index in [1.165, 1.54) is 30.3 Å². The summed E-state index contributed by atoms with van der Waals surface area (Å²) in [5, 5.41) is 30.8. The molecule has 0 bridgehead atoms. The zero-order chi connectivity index (χ0) is 86.3. The Hall–Kier alpha value is -9.56. The lowest BCUT2D eigenvalue weighted by Gasteiger charge is -2.36. The van der Waals surface area contributed by atoms with Gasteiger partial charge in [-0.2, -0.15) is 0 Å². The molecule has 8 N–H and O–H groups in total. The summed E-state index contributed by atoms with van der Waals surface area (Å²) in [5.74, 6) is -3.60. The summed E-state index contributed by atoms with van der Waals surface area (Å²) in [5.41, 5.74) is 4.46. The van der Waals surface area contributed by atoms with Crippen molar-refractivity contribution in [2.45, 2.75) is 296 Å². The summed E-state index contributed by atoms with van der Waals surface area (Å²) < 4.78 is 11.0. The fourth-order valence-corrected chi connectivity index (χ4v) is 17.5. The van der Waals surface area contributed by atoms with Crippen LogP contribution in [-0.4, -0.2) is 196 Å². The lowest BCUT2D eigenvalue weighted by atomic mass is 9.76. The van der Waals surface area contributed by atoms with Crippen LogP contribution < -0.4 is 37.2 Å². The largest absolute Gasteiger partial charge is 0.480 e. The molecule has 0 spiro atoms. The number of carbonyl (C=O) groups excluding carboxylic acids is 11. The fraction of sp³-hybridized carbons (Fsp3) is 0.613. The number of anilines is 3. The van der Waals surface area contributed by atoms with Gasteiger partial charge in [0.2, 0.25) is 41.4 Å². The number of aliphatic carboxylic acids is 1. The van der Waals surface area contributed by atoms with Crippen molar-refractivity contribution < 1.29 is 72.1 Å². The van der Waals surface area contributed by atoms with Crippen molar-refractivity contribution in [1.29, 1.82) is 0 Å². The molecule has 3 aliphatic carbocycles. The number of benzene rings is 4. The molecule has 26 heteroatoms. The third-order valence-corrected chi connectivity index (χ3v) is 24.8. The first-order chi connectivity index (χ1) is 56.7. The van der Waals surface area contributed by atoms with Gasteiger partial charge < -0.3 is 66.5 Å². The molecule has 7 aliphatic rings. The Kier molecular flexibility index (Phi) is 34.6. The first-order valence-corrected chi connectivity index (χ1v) is 43.9. The van der Waals surface area contributed by atoms with Gasteiger partial charge in [-0.3, -0.25) is 48.1 Å². The number of ketones is 2. The van der Waals surface area contributed by atoms with Gasteiger partial charge in [0.25, 0.3) is 0 Å². The number of para-hydroxylation sites is 3. The Morgan fingerprint density at radius 1 is 0.462 bits per heavy atom. The van der Waals surface area contributed by atoms with E-state index in [0.29, 0.717) is 67.7 Å². The molecule has 26 nitrogen and oxygen atoms in total. The number of likely N-dealkylation sites (tertiary alicyclic amines) is 2. The van der Waals surface area contributed by atoms with Crippen LogP contribution in [0.25, 0.3) is 22.3 Å². The number of hydrogen-bond donors (Lipinski definition) is 8. The molecule has 0 unspecified atom stereocenters. The molecule has 4 saturated heterocycles. The van der Waals surface area contributed by atoms with Gasteiger partial charge in [-0.1, -0.05) is 150 Å². The second-order valence-corrected chi connectivity index (χ2v) is 35.7. The van der Waals surface area contributed by atoms with Crippen molar-refractivity contribution >= 4 is 88.1 Å². The average molecular weight is 1650 g/mol. The summed E-state index contributed by atoms with van der Waals surface area (Å²) in [6.45, 7) is 20.1. The smallest absolute Gasteiger partial charge is 0.410 e. The van der Waals surface area contributed by atoms with Crippen LogP contribution in [0.1, 0.15) is 235 Å². The molecule has 650 valence electrons. The molecule has 9 amide bonds. The molecule has 4 aliphatic heterocycles. The number of amides is 9. The van der Waals surface area contributed by atoms with E-state index < -0.39 is 77.4 Å². The van der Waals surface area contributed by atoms with E-state index in [1.807, 2.05) is 86.6 Å². The number of ether oxygens (including phenoxy) is 2. The van der Waals surface area contributed by atoms with E-state index in [0.717, 1.165) is 157 Å². The Morgan fingerprint density at radius 3 is 1.32 bits per heavy atom. The zero-order valence-corrected chi connectivity index (χ0v) is 72.4. The SMILES string of the molecule is CC[C@@H](C)C(=O)N[C@H](C(=O)O)C1CCCCC1.C[C@@H](C(=O)C[C@H](C(=O)N1CCC[C@H]1C(=O)Nc1ccccc1-c1ccccc1NC(=O)[C@@H]1CCCN1C(=O)[C@@H](NC(=O)[C@H](C)N(C)C(=O)OC(C)(C)C)C1CCCCC1)C1CCCCC1)N(C)C(=O)OC(C)(C)C.O=C(Cc1ccccc1-c1ccccc1NC(=O)[C@@H]1CCCN1)[C@@H]1CCCN1. The molecule has 3 saturated carbocycles. The van der Waals surface area contributed by atoms with Crippen LogP contribution in [0.5, 0.6) is 0 Å². The zero-order valence-electron chi connectivity index (χ0n) is 72.4. The molecule has 4 heterocycles. The number of nitrogens with zero attached hydrogens (tertiary/aromatic N) is 4. The van der Waals surface area contributed by atoms with Crippen LogP contribution in [-0.2, 0) is 63.8 Å². The van der Waals surface area contributed by atoms with Crippen LogP contribution in [0, 0.1) is 29.6 Å². The quantitative estimate of drug-likeness (QED) is 0.0275. The van der Waals surface area contributed by atoms with E-state index in [9.17, 15) is 62.6 Å². The number of nitrogens with one attached hydrogen (secondary N) is 7. The minimum absolute atomic E-state index is 0.00802. The first kappa shape index (κ1) is 93.3. The maximum absolute atomic E-state index is 14.7. The number of carboxylic acids is 1. The molecular weight excluding hydrogens is 1510 g/mol. The number of likely N-dealkylation sites (N-methyl/N-ethyl adjacent to an activating group) is 2. The topological polar surface area (TPSA) is 341 Å². The number of hydrogen-bond acceptors (Lipinski definition) is 16. The van der Waals surface area contributed by atoms with Crippen molar-refractivity contribution in [3.8, 4) is 22.3 Å². The molecule has 119 heavy (non-hydrogen) atoms. The third-order valence-electron chi connectivity index (χ3n) is 24.8. The van der Waals surface area contributed by atoms with Gasteiger partial charge in [0.15, 0.2) is 11.6 Å². The molecule has 4 aromatic carbocycles. The van der Waals surface area contributed by atoms with Crippen LogP contribution in [0.2, 0.25) is 0 Å². The van der Waals surface area contributed by atoms with Gasteiger partial charge in [0.1, 0.15) is 41.4 Å². The fourth-order valence-electron chi connectivity index (χ4n) is 17.5. The highest BCUT2D eigenvalue weighted by Gasteiger charge is 2.45. The van der Waals surface area contributed by atoms with Gasteiger partial charge in [0.05, 0.1) is 18.1 Å². The molecule has 11 rings (SSSR count). The summed E-state index contributed by atoms with van der Waals surface area (Å²) in [4.78, 5) is 166. The molecule has 0 radical (unpaired) electrons. The van der Waals surface area contributed by atoms with Crippen molar-refractivity contribution in [1.82, 2.24) is 40.9 Å². The lowest BCUT2D eigenvalue weighted by Crippen LogP contribution is -2.58. The van der Waals surface area contributed by atoms with Gasteiger partial charge in [0, 0.05) is 85.6 Å². The Bertz CT molecular complexity index is 3910. The molecule has 10 atom stereocenters. The van der Waals surface area contributed by atoms with Gasteiger partial charge in [-0.15, -0.1) is 0 Å². The standard InChI is InChI=1S/C57H83N7O10.C23H27N3O2.C13H23NO3/c1-36(61(9)54(71)73-56(3,4)5)47(65)35-42(38-23-13-11-14-24-38)52(69)63-33-21-31-45(63)50(67)58-43-29-19-17-27-40(43)41-28-18-20-30-44(41)59-51(68)46-32-22-34-64(46)53(70)48(39-25-15-12-16-26-39)60-49(66)37(2)62(10)55(72)74-57(6,7)8;27-22(20-11-5-13-24-20)15-16-7-1-2-8-17(16)18-9-3-4-10-19(18)26-23(28)21-12-6-14-25-21;1-3-9(2)12(15)14-11(13(16)17)10-7-5-4-6-8-10/h17-20,27-30,36-39,42,45-46,48H,11-16,21-26,31-35H2,1-10H3,(H,58,67)(H,59,68)(H,60,66);1-4,7-10,20-21,24-25H,5-6,11-15H2,(H,26,28);9-11H,3-8H2,1-2H3,(H,14,15)(H,16,17)/t36-,37-,42-,45-,46-,48-;20-,21-;9-,11+/m001/s1. The molecule has 0 aromatic heterocycles. The normalized spacial score (nSPS) is 20.7. The summed E-state index contributed by atoms with van der Waals surface area (Å²) in [6.07, 6.45) is 19.8. The molecular formula is C93H133N11O15. The van der Waals surface area contributed by atoms with Crippen LogP contribution in [0.4, 0.5) is 26.7 Å². The third kappa shape index (κ3) is 26.2. The van der Waals surface area contributed by atoms with Crippen molar-refractivity contribution in [3.05, 3.63) is 103 Å². The highest BCUT2D eigenvalue weighted by Crippen LogP contribution is 2.40. The number of rotatable bonds is 27. The number of carboxylic acid groups (broad SMARTS) is 1. The maximum Gasteiger partial charge on any atom is 0.410 e. The van der Waals surface area contributed by atoms with E-state index >= 15 is 0 Å². The monoisotopic (exact) mass is 1640 g/mol. The summed E-state index contributed by atoms with van der Waals surface area (Å²) in [7, 11) is 3.02. The van der Waals surface area contributed by atoms with Crippen LogP contribution in [0.15, 0.2) is 97.1 Å². The summed E-state index contributed by atoms with van der Waals surface area (Å²) >= 11 is 0. The second kappa shape index (κ2) is 44.1. The van der Waals surface area contributed by atoms with Crippen LogP contribution in [0.3, 0.4) is 0 Å². The average Bonchev–Trinajstić information content (AvgIpc) is 1.75. The van der Waals surface area contributed by atoms with Crippen molar-refractivity contribution in [2.24, 2.45) is 29.6 Å². The van der Waals surface area contributed by atoms with E-state index in [4.69, 9.17) is 9.47 Å². The lowest BCUT2D eigenvalue weighted by molar-refractivity contribution is -0.144. The van der Waals surface area contributed by atoms with Gasteiger partial charge >= 0.3 is 18.2 Å². The van der Waals surface area contributed by atoms with E-state index in [-0.39, 0.29) is 89.2 Å². The van der Waals surface area contributed by atoms with E-state index in [1.54, 1.807) is 89.5 Å². The Labute approximate surface area is 704 Å². The Balaban J connectivity index is 0.000000287. The summed E-state index contributed by atoms with van der Waals surface area (Å²) in [6, 6.07) is 25.3.